The number of aryl methyl sites for hydroxylation is 1. The first kappa shape index (κ1) is 34.0. The van der Waals surface area contributed by atoms with Crippen LogP contribution in [0.5, 0.6) is 5.75 Å². The van der Waals surface area contributed by atoms with E-state index < -0.39 is 37.6 Å². The molecule has 3 atom stereocenters. The third kappa shape index (κ3) is 8.34. The Hall–Kier alpha value is -4.32. The number of ether oxygens (including phenoxy) is 2. The van der Waals surface area contributed by atoms with Gasteiger partial charge in [0.05, 0.1) is 30.0 Å². The fraction of sp³-hybridized carbons (Fsp3) is 0.400. The van der Waals surface area contributed by atoms with E-state index in [1.54, 1.807) is 42.5 Å². The fourth-order valence-corrected chi connectivity index (χ4v) is 6.67. The van der Waals surface area contributed by atoms with Crippen molar-refractivity contribution in [1.82, 2.24) is 15.0 Å². The number of halogens is 3. The molecule has 12 heteroatoms. The molecule has 4 aromatic rings. The molecule has 8 nitrogen and oxygen atoms in total. The number of hydrogen-bond donors (Lipinski definition) is 0. The second-order valence-corrected chi connectivity index (χ2v) is 19.0. The molecule has 0 unspecified atom stereocenters. The van der Waals surface area contributed by atoms with Crippen LogP contribution in [0.2, 0.25) is 25.7 Å². The van der Waals surface area contributed by atoms with Crippen LogP contribution in [-0.4, -0.2) is 41.4 Å². The van der Waals surface area contributed by atoms with E-state index in [4.69, 9.17) is 9.47 Å². The summed E-state index contributed by atoms with van der Waals surface area (Å²) in [6.45, 7) is 8.75. The number of carbonyl (C=O) groups excluding carboxylic acids is 2. The zero-order chi connectivity index (χ0) is 33.9. The van der Waals surface area contributed by atoms with Crippen LogP contribution in [0.1, 0.15) is 39.9 Å². The number of aromatic nitrogens is 3. The number of hydrogen-bond acceptors (Lipinski definition) is 7. The van der Waals surface area contributed by atoms with Gasteiger partial charge in [-0.05, 0) is 85.8 Å². The number of nitrogens with zero attached hydrogens (tertiary/aromatic N) is 3. The summed E-state index contributed by atoms with van der Waals surface area (Å²) in [6.07, 6.45) is -3.50. The minimum atomic E-state index is -4.45. The lowest BCUT2D eigenvalue weighted by atomic mass is 9.84. The van der Waals surface area contributed by atoms with Crippen molar-refractivity contribution in [2.24, 2.45) is 17.8 Å². The van der Waals surface area contributed by atoms with Crippen molar-refractivity contribution >= 4 is 30.7 Å². The predicted octanol–water partition coefficient (Wildman–Crippen LogP) is 7.10. The number of carbonyl (C=O) groups is 2. The Bertz CT molecular complexity index is 1820. The highest BCUT2D eigenvalue weighted by atomic mass is 28.3. The molecule has 0 N–H and O–H groups in total. The number of fused-ring (bicyclic) bond motifs is 1. The second kappa shape index (κ2) is 13.8. The second-order valence-electron chi connectivity index (χ2n) is 13.4. The Balaban J connectivity index is 1.33. The number of rotatable bonds is 11. The van der Waals surface area contributed by atoms with Gasteiger partial charge in [-0.3, -0.25) is 14.4 Å². The first-order chi connectivity index (χ1) is 22.2. The van der Waals surface area contributed by atoms with E-state index in [0.29, 0.717) is 40.6 Å². The smallest absolute Gasteiger partial charge is 0.416 e. The topological polar surface area (TPSA) is 100 Å². The summed E-state index contributed by atoms with van der Waals surface area (Å²) in [5, 5.41) is 8.78. The Morgan fingerprint density at radius 1 is 1.00 bits per heavy atom. The maximum absolute atomic E-state index is 13.8. The molecule has 0 bridgehead atoms. The third-order valence-electron chi connectivity index (χ3n) is 8.58. The largest absolute Gasteiger partial charge is 0.489 e. The van der Waals surface area contributed by atoms with Crippen molar-refractivity contribution in [3.8, 4) is 5.75 Å². The van der Waals surface area contributed by atoms with E-state index in [1.807, 2.05) is 13.0 Å². The standard InChI is InChI=1S/C35H38F3N3O5Si/c1-22-8-15-30-29(18-22)33(43)41(40-39-30)20-25-11-14-28(31(25)34(44)45-16-17-47(2,3)4)32(42)24-9-12-27(13-10-24)46-21-23-6-5-7-26(19-23)35(36,37)38/h5-10,12-13,15,18-19,25,28,31H,11,14,16-17,20-21H2,1-4H3/t25-,28-,31-/m0/s1. The number of esters is 1. The normalized spacial score (nSPS) is 18.3. The van der Waals surface area contributed by atoms with Crippen molar-refractivity contribution in [3.63, 3.8) is 0 Å². The molecule has 0 aliphatic heterocycles. The molecule has 0 saturated heterocycles. The summed E-state index contributed by atoms with van der Waals surface area (Å²) >= 11 is 0. The van der Waals surface area contributed by atoms with Gasteiger partial charge in [-0.1, -0.05) is 48.6 Å². The van der Waals surface area contributed by atoms with E-state index in [9.17, 15) is 27.6 Å². The molecule has 1 fully saturated rings. The lowest BCUT2D eigenvalue weighted by Gasteiger charge is -2.24. The number of ketones is 1. The first-order valence-corrected chi connectivity index (χ1v) is 19.3. The van der Waals surface area contributed by atoms with Crippen LogP contribution in [0.3, 0.4) is 0 Å². The lowest BCUT2D eigenvalue weighted by Crippen LogP contribution is -2.36. The van der Waals surface area contributed by atoms with Gasteiger partial charge >= 0.3 is 12.1 Å². The van der Waals surface area contributed by atoms with Gasteiger partial charge < -0.3 is 9.47 Å². The van der Waals surface area contributed by atoms with E-state index >= 15 is 0 Å². The summed E-state index contributed by atoms with van der Waals surface area (Å²) in [5.74, 6) is -2.10. The van der Waals surface area contributed by atoms with Gasteiger partial charge in [0.2, 0.25) is 0 Å². The molecule has 1 heterocycles. The minimum Gasteiger partial charge on any atom is -0.489 e. The van der Waals surface area contributed by atoms with E-state index in [-0.39, 0.29) is 37.0 Å². The van der Waals surface area contributed by atoms with Gasteiger partial charge in [0.1, 0.15) is 17.9 Å². The Morgan fingerprint density at radius 2 is 1.74 bits per heavy atom. The quantitative estimate of drug-likeness (QED) is 0.0957. The minimum absolute atomic E-state index is 0.0799. The average molecular weight is 666 g/mol. The highest BCUT2D eigenvalue weighted by Gasteiger charge is 2.46. The van der Waals surface area contributed by atoms with Gasteiger partial charge in [0.25, 0.3) is 5.56 Å². The van der Waals surface area contributed by atoms with Crippen LogP contribution in [0.25, 0.3) is 10.9 Å². The Kier molecular flexibility index (Phi) is 9.99. The van der Waals surface area contributed by atoms with Gasteiger partial charge in [-0.25, -0.2) is 4.68 Å². The van der Waals surface area contributed by atoms with Crippen molar-refractivity contribution in [2.45, 2.75) is 64.8 Å². The van der Waals surface area contributed by atoms with Crippen LogP contribution < -0.4 is 10.3 Å². The van der Waals surface area contributed by atoms with Crippen LogP contribution >= 0.6 is 0 Å². The summed E-state index contributed by atoms with van der Waals surface area (Å²) < 4.78 is 51.9. The highest BCUT2D eigenvalue weighted by molar-refractivity contribution is 6.76. The van der Waals surface area contributed by atoms with Gasteiger partial charge in [0, 0.05) is 19.6 Å². The molecule has 1 saturated carbocycles. The zero-order valence-corrected chi connectivity index (χ0v) is 27.8. The summed E-state index contributed by atoms with van der Waals surface area (Å²) in [4.78, 5) is 40.8. The molecular weight excluding hydrogens is 627 g/mol. The number of benzene rings is 3. The Labute approximate surface area is 271 Å². The molecule has 47 heavy (non-hydrogen) atoms. The van der Waals surface area contributed by atoms with Crippen molar-refractivity contribution in [1.29, 1.82) is 0 Å². The molecule has 5 rings (SSSR count). The average Bonchev–Trinajstić information content (AvgIpc) is 3.44. The van der Waals surface area contributed by atoms with E-state index in [1.165, 1.54) is 10.7 Å². The predicted molar refractivity (Wildman–Crippen MR) is 174 cm³/mol. The van der Waals surface area contributed by atoms with Crippen LogP contribution in [0, 0.1) is 24.7 Å². The van der Waals surface area contributed by atoms with E-state index in [2.05, 4.69) is 30.0 Å². The lowest BCUT2D eigenvalue weighted by molar-refractivity contribution is -0.150. The van der Waals surface area contributed by atoms with Gasteiger partial charge in [0.15, 0.2) is 5.78 Å². The molecule has 1 aromatic heterocycles. The van der Waals surface area contributed by atoms with Crippen LogP contribution in [-0.2, 0) is 28.9 Å². The number of Topliss-reactive ketones (excluding diaryl/α,β-unsaturated/α-hetero) is 1. The summed E-state index contributed by atoms with van der Waals surface area (Å²) in [6, 6.07) is 17.4. The van der Waals surface area contributed by atoms with Gasteiger partial charge in [-0.2, -0.15) is 13.2 Å². The number of alkyl halides is 3. The van der Waals surface area contributed by atoms with Crippen molar-refractivity contribution < 1.29 is 32.2 Å². The SMILES string of the molecule is Cc1ccc2nnn(C[C@@H]3CC[C@H](C(=O)c4ccc(OCc5cccc(C(F)(F)F)c5)cc4)[C@H]3C(=O)OCC[Si](C)(C)C)c(=O)c2c1. The maximum Gasteiger partial charge on any atom is 0.416 e. The van der Waals surface area contributed by atoms with Crippen molar-refractivity contribution in [2.75, 3.05) is 6.61 Å². The molecule has 248 valence electrons. The molecule has 0 radical (unpaired) electrons. The zero-order valence-electron chi connectivity index (χ0n) is 26.8. The molecular formula is C35H38F3N3O5Si. The maximum atomic E-state index is 13.8. The third-order valence-corrected chi connectivity index (χ3v) is 10.3. The summed E-state index contributed by atoms with van der Waals surface area (Å²) in [7, 11) is -1.49. The molecule has 1 aliphatic rings. The van der Waals surface area contributed by atoms with E-state index in [0.717, 1.165) is 23.7 Å². The molecule has 1 aliphatic carbocycles. The van der Waals surface area contributed by atoms with Crippen LogP contribution in [0.4, 0.5) is 13.2 Å². The molecule has 3 aromatic carbocycles. The monoisotopic (exact) mass is 665 g/mol. The molecule has 0 amide bonds. The summed E-state index contributed by atoms with van der Waals surface area (Å²) in [5.41, 5.74) is 1.08. The fourth-order valence-electron chi connectivity index (χ4n) is 5.96. The van der Waals surface area contributed by atoms with Crippen molar-refractivity contribution in [3.05, 3.63) is 99.3 Å². The van der Waals surface area contributed by atoms with Gasteiger partial charge in [-0.15, -0.1) is 5.10 Å². The highest BCUT2D eigenvalue weighted by Crippen LogP contribution is 2.41. The molecule has 0 spiro atoms. The first-order valence-electron chi connectivity index (χ1n) is 15.6. The Morgan fingerprint density at radius 3 is 2.45 bits per heavy atom. The van der Waals surface area contributed by atoms with Crippen LogP contribution in [0.15, 0.2) is 71.5 Å².